The van der Waals surface area contributed by atoms with E-state index in [1.807, 2.05) is 61.5 Å². The Labute approximate surface area is 218 Å². The number of nitrogens with zero attached hydrogens (tertiary/aromatic N) is 2. The van der Waals surface area contributed by atoms with Crippen LogP contribution in [0.5, 0.6) is 5.75 Å². The number of carbonyl (C=O) groups is 2. The minimum atomic E-state index is -3.81. The molecule has 0 saturated carbocycles. The third-order valence-corrected chi connectivity index (χ3v) is 7.13. The second-order valence-electron chi connectivity index (χ2n) is 8.80. The zero-order valence-corrected chi connectivity index (χ0v) is 22.4. The van der Waals surface area contributed by atoms with E-state index in [0.29, 0.717) is 11.4 Å². The lowest BCUT2D eigenvalue weighted by Gasteiger charge is -2.33. The SMILES string of the molecule is CNC(=O)[C@H](Cc1ccccc1)N(Cc1cccc(C)c1)C(=O)CN(c1ccc(OC)cc1)S(C)(=O)=O. The lowest BCUT2D eigenvalue weighted by molar-refractivity contribution is -0.139. The standard InChI is InChI=1S/C28H33N3O5S/c1-21-9-8-12-23(17-21)19-30(26(28(33)29-2)18-22-10-6-5-7-11-22)27(32)20-31(37(4,34)35)24-13-15-25(36-3)16-14-24/h5-17,26H,18-20H2,1-4H3,(H,29,33)/t26-/m0/s1. The van der Waals surface area contributed by atoms with Gasteiger partial charge in [-0.1, -0.05) is 60.2 Å². The van der Waals surface area contributed by atoms with Gasteiger partial charge in [-0.25, -0.2) is 8.42 Å². The van der Waals surface area contributed by atoms with Gasteiger partial charge in [0, 0.05) is 20.0 Å². The first-order chi connectivity index (χ1) is 17.6. The van der Waals surface area contributed by atoms with Crippen molar-refractivity contribution in [1.29, 1.82) is 0 Å². The van der Waals surface area contributed by atoms with E-state index in [0.717, 1.165) is 27.3 Å². The van der Waals surface area contributed by atoms with Gasteiger partial charge < -0.3 is 15.0 Å². The van der Waals surface area contributed by atoms with Crippen LogP contribution in [0.1, 0.15) is 16.7 Å². The number of likely N-dealkylation sites (N-methyl/N-ethyl adjacent to an activating group) is 1. The van der Waals surface area contributed by atoms with Gasteiger partial charge >= 0.3 is 0 Å². The largest absolute Gasteiger partial charge is 0.497 e. The number of anilines is 1. The van der Waals surface area contributed by atoms with Gasteiger partial charge in [0.15, 0.2) is 0 Å². The molecule has 0 saturated heterocycles. The van der Waals surface area contributed by atoms with Crippen molar-refractivity contribution in [2.45, 2.75) is 25.9 Å². The molecule has 0 bridgehead atoms. The summed E-state index contributed by atoms with van der Waals surface area (Å²) in [6.45, 7) is 1.63. The zero-order valence-electron chi connectivity index (χ0n) is 21.5. The molecular formula is C28H33N3O5S. The van der Waals surface area contributed by atoms with E-state index in [1.165, 1.54) is 19.1 Å². The number of sulfonamides is 1. The lowest BCUT2D eigenvalue weighted by Crippen LogP contribution is -2.52. The molecule has 0 radical (unpaired) electrons. The first-order valence-corrected chi connectivity index (χ1v) is 13.7. The lowest BCUT2D eigenvalue weighted by atomic mass is 10.0. The Morgan fingerprint density at radius 1 is 0.946 bits per heavy atom. The number of ether oxygens (including phenoxy) is 1. The minimum Gasteiger partial charge on any atom is -0.497 e. The molecule has 2 amide bonds. The first-order valence-electron chi connectivity index (χ1n) is 11.8. The van der Waals surface area contributed by atoms with Crippen molar-refractivity contribution < 1.29 is 22.7 Å². The summed E-state index contributed by atoms with van der Waals surface area (Å²) in [5.74, 6) is -0.264. The molecule has 8 nitrogen and oxygen atoms in total. The van der Waals surface area contributed by atoms with Crippen LogP contribution in [-0.4, -0.2) is 58.1 Å². The number of hydrogen-bond donors (Lipinski definition) is 1. The molecule has 37 heavy (non-hydrogen) atoms. The van der Waals surface area contributed by atoms with Crippen molar-refractivity contribution >= 4 is 27.5 Å². The molecule has 0 aliphatic heterocycles. The fourth-order valence-corrected chi connectivity index (χ4v) is 4.94. The van der Waals surface area contributed by atoms with E-state index in [-0.39, 0.29) is 18.9 Å². The molecule has 3 aromatic rings. The second-order valence-corrected chi connectivity index (χ2v) is 10.7. The van der Waals surface area contributed by atoms with Crippen LogP contribution in [0.2, 0.25) is 0 Å². The highest BCUT2D eigenvalue weighted by Gasteiger charge is 2.32. The van der Waals surface area contributed by atoms with Crippen molar-refractivity contribution in [1.82, 2.24) is 10.2 Å². The molecule has 196 valence electrons. The van der Waals surface area contributed by atoms with Crippen molar-refractivity contribution in [2.75, 3.05) is 31.3 Å². The van der Waals surface area contributed by atoms with Crippen LogP contribution < -0.4 is 14.4 Å². The predicted molar refractivity (Wildman–Crippen MR) is 145 cm³/mol. The summed E-state index contributed by atoms with van der Waals surface area (Å²) in [5.41, 5.74) is 3.06. The number of rotatable bonds is 11. The first kappa shape index (κ1) is 27.7. The van der Waals surface area contributed by atoms with Gasteiger partial charge in [0.25, 0.3) is 0 Å². The predicted octanol–water partition coefficient (Wildman–Crippen LogP) is 3.16. The molecule has 0 fully saturated rings. The molecule has 3 rings (SSSR count). The van der Waals surface area contributed by atoms with E-state index in [4.69, 9.17) is 4.74 Å². The molecular weight excluding hydrogens is 490 g/mol. The number of methoxy groups -OCH3 is 1. The van der Waals surface area contributed by atoms with E-state index in [2.05, 4.69) is 5.32 Å². The molecule has 0 aliphatic carbocycles. The average Bonchev–Trinajstić information content (AvgIpc) is 2.88. The molecule has 1 atom stereocenters. The fraction of sp³-hybridized carbons (Fsp3) is 0.286. The Hall–Kier alpha value is -3.85. The molecule has 0 spiro atoms. The maximum atomic E-state index is 13.9. The van der Waals surface area contributed by atoms with Crippen LogP contribution in [0.3, 0.4) is 0 Å². The van der Waals surface area contributed by atoms with Crippen LogP contribution in [-0.2, 0) is 32.6 Å². The quantitative estimate of drug-likeness (QED) is 0.417. The second kappa shape index (κ2) is 12.4. The number of amides is 2. The van der Waals surface area contributed by atoms with Gasteiger partial charge in [-0.05, 0) is 42.3 Å². The smallest absolute Gasteiger partial charge is 0.244 e. The van der Waals surface area contributed by atoms with Crippen molar-refractivity contribution in [3.63, 3.8) is 0 Å². The van der Waals surface area contributed by atoms with Crippen LogP contribution >= 0.6 is 0 Å². The Kier molecular flexibility index (Phi) is 9.30. The third kappa shape index (κ3) is 7.57. The molecule has 0 unspecified atom stereocenters. The van der Waals surface area contributed by atoms with E-state index >= 15 is 0 Å². The van der Waals surface area contributed by atoms with E-state index in [9.17, 15) is 18.0 Å². The van der Waals surface area contributed by atoms with Crippen LogP contribution in [0.4, 0.5) is 5.69 Å². The molecule has 3 aromatic carbocycles. The number of benzene rings is 3. The average molecular weight is 524 g/mol. The monoisotopic (exact) mass is 523 g/mol. The molecule has 0 aromatic heterocycles. The van der Waals surface area contributed by atoms with Crippen LogP contribution in [0.15, 0.2) is 78.9 Å². The summed E-state index contributed by atoms with van der Waals surface area (Å²) in [6, 6.07) is 22.7. The summed E-state index contributed by atoms with van der Waals surface area (Å²) in [6.07, 6.45) is 1.33. The summed E-state index contributed by atoms with van der Waals surface area (Å²) in [7, 11) is -0.772. The summed E-state index contributed by atoms with van der Waals surface area (Å²) < 4.78 is 31.7. The highest BCUT2D eigenvalue weighted by atomic mass is 32.2. The summed E-state index contributed by atoms with van der Waals surface area (Å²) in [5, 5.41) is 2.67. The Morgan fingerprint density at radius 3 is 2.16 bits per heavy atom. The van der Waals surface area contributed by atoms with Gasteiger partial charge in [0.2, 0.25) is 21.8 Å². The van der Waals surface area contributed by atoms with Gasteiger partial charge in [0.05, 0.1) is 19.1 Å². The van der Waals surface area contributed by atoms with Crippen molar-refractivity contribution in [3.05, 3.63) is 95.6 Å². The topological polar surface area (TPSA) is 96.0 Å². The minimum absolute atomic E-state index is 0.144. The van der Waals surface area contributed by atoms with E-state index < -0.39 is 28.5 Å². The number of hydrogen-bond acceptors (Lipinski definition) is 5. The zero-order chi connectivity index (χ0) is 27.0. The normalized spacial score (nSPS) is 11.9. The Balaban J connectivity index is 2.01. The molecule has 1 N–H and O–H groups in total. The van der Waals surface area contributed by atoms with Gasteiger partial charge in [0.1, 0.15) is 18.3 Å². The summed E-state index contributed by atoms with van der Waals surface area (Å²) >= 11 is 0. The maximum Gasteiger partial charge on any atom is 0.244 e. The Morgan fingerprint density at radius 2 is 1.59 bits per heavy atom. The molecule has 9 heteroatoms. The van der Waals surface area contributed by atoms with Gasteiger partial charge in [-0.3, -0.25) is 13.9 Å². The van der Waals surface area contributed by atoms with Gasteiger partial charge in [-0.2, -0.15) is 0 Å². The van der Waals surface area contributed by atoms with Gasteiger partial charge in [-0.15, -0.1) is 0 Å². The summed E-state index contributed by atoms with van der Waals surface area (Å²) in [4.78, 5) is 28.4. The fourth-order valence-electron chi connectivity index (χ4n) is 4.09. The van der Waals surface area contributed by atoms with Crippen LogP contribution in [0, 0.1) is 6.92 Å². The van der Waals surface area contributed by atoms with E-state index in [1.54, 1.807) is 24.3 Å². The molecule has 0 aliphatic rings. The highest BCUT2D eigenvalue weighted by molar-refractivity contribution is 7.92. The van der Waals surface area contributed by atoms with Crippen molar-refractivity contribution in [2.24, 2.45) is 0 Å². The number of nitrogens with one attached hydrogen (secondary N) is 1. The number of aryl methyl sites for hydroxylation is 1. The maximum absolute atomic E-state index is 13.9. The molecule has 0 heterocycles. The third-order valence-electron chi connectivity index (χ3n) is 5.99. The van der Waals surface area contributed by atoms with Crippen molar-refractivity contribution in [3.8, 4) is 5.75 Å². The van der Waals surface area contributed by atoms with Crippen LogP contribution in [0.25, 0.3) is 0 Å². The Bertz CT molecular complexity index is 1310. The number of carbonyl (C=O) groups excluding carboxylic acids is 2. The highest BCUT2D eigenvalue weighted by Crippen LogP contribution is 2.23.